The predicted molar refractivity (Wildman–Crippen MR) is 132 cm³/mol. The normalized spacial score (nSPS) is 13.1. The van der Waals surface area contributed by atoms with Gasteiger partial charge in [0, 0.05) is 12.6 Å². The summed E-state index contributed by atoms with van der Waals surface area (Å²) in [5.74, 6) is -1.29. The largest absolute Gasteiger partial charge is 0.352 e. The van der Waals surface area contributed by atoms with Crippen LogP contribution >= 0.6 is 0 Å². The molecule has 9 heteroatoms. The molecule has 0 unspecified atom stereocenters. The minimum atomic E-state index is -3.84. The van der Waals surface area contributed by atoms with Crippen LogP contribution in [0.15, 0.2) is 54.6 Å². The highest BCUT2D eigenvalue weighted by Crippen LogP contribution is 2.19. The molecule has 2 atom stereocenters. The molecule has 0 bridgehead atoms. The van der Waals surface area contributed by atoms with Gasteiger partial charge < -0.3 is 10.2 Å². The maximum atomic E-state index is 13.5. The number of sulfonamides is 1. The molecule has 0 fully saturated rings. The third-order valence-electron chi connectivity index (χ3n) is 5.66. The molecule has 186 valence electrons. The first-order valence-corrected chi connectivity index (χ1v) is 13.3. The van der Waals surface area contributed by atoms with E-state index in [0.717, 1.165) is 34.7 Å². The molecule has 0 aliphatic rings. The summed E-state index contributed by atoms with van der Waals surface area (Å²) in [5, 5.41) is 2.93. The van der Waals surface area contributed by atoms with E-state index in [1.165, 1.54) is 17.0 Å². The third kappa shape index (κ3) is 7.83. The van der Waals surface area contributed by atoms with Gasteiger partial charge in [0.25, 0.3) is 0 Å². The minimum absolute atomic E-state index is 0.0561. The standard InChI is InChI=1S/C25H34FN3O4S/c1-5-19(3)27-25(31)23(6-2)28(17-16-20-10-8-7-9-11-20)24(30)18-29(34(4,32)33)22-14-12-21(26)13-15-22/h7-15,19,23H,5-6,16-18H2,1-4H3,(H,27,31)/t19-,23-/m1/s1. The zero-order valence-corrected chi connectivity index (χ0v) is 21.0. The highest BCUT2D eigenvalue weighted by Gasteiger charge is 2.31. The van der Waals surface area contributed by atoms with Crippen LogP contribution in [0, 0.1) is 5.82 Å². The smallest absolute Gasteiger partial charge is 0.244 e. The Hall–Kier alpha value is -2.94. The van der Waals surface area contributed by atoms with Gasteiger partial charge in [-0.25, -0.2) is 12.8 Å². The quantitative estimate of drug-likeness (QED) is 0.493. The first-order valence-electron chi connectivity index (χ1n) is 11.4. The zero-order chi connectivity index (χ0) is 25.3. The van der Waals surface area contributed by atoms with Crippen molar-refractivity contribution in [3.8, 4) is 0 Å². The Balaban J connectivity index is 2.34. The van der Waals surface area contributed by atoms with Crippen molar-refractivity contribution in [2.75, 3.05) is 23.7 Å². The molecule has 0 heterocycles. The van der Waals surface area contributed by atoms with Gasteiger partial charge in [0.15, 0.2) is 0 Å². The third-order valence-corrected chi connectivity index (χ3v) is 6.81. The van der Waals surface area contributed by atoms with Crippen LogP contribution in [0.1, 0.15) is 39.2 Å². The summed E-state index contributed by atoms with van der Waals surface area (Å²) in [6.45, 7) is 5.41. The fourth-order valence-electron chi connectivity index (χ4n) is 3.56. The molecule has 2 aromatic rings. The Morgan fingerprint density at radius 1 is 1.00 bits per heavy atom. The van der Waals surface area contributed by atoms with Gasteiger partial charge in [-0.05, 0) is 56.0 Å². The fourth-order valence-corrected chi connectivity index (χ4v) is 4.41. The Morgan fingerprint density at radius 3 is 2.15 bits per heavy atom. The number of rotatable bonds is 12. The SMILES string of the molecule is CC[C@@H](C)NC(=O)[C@@H](CC)N(CCc1ccccc1)C(=O)CN(c1ccc(F)cc1)S(C)(=O)=O. The van der Waals surface area contributed by atoms with Gasteiger partial charge in [-0.2, -0.15) is 0 Å². The van der Waals surface area contributed by atoms with Gasteiger partial charge in [-0.1, -0.05) is 44.2 Å². The molecule has 0 saturated heterocycles. The van der Waals surface area contributed by atoms with Crippen LogP contribution in [0.4, 0.5) is 10.1 Å². The molecule has 7 nitrogen and oxygen atoms in total. The molecule has 0 saturated carbocycles. The summed E-state index contributed by atoms with van der Waals surface area (Å²) in [4.78, 5) is 28.0. The lowest BCUT2D eigenvalue weighted by molar-refractivity contribution is -0.139. The van der Waals surface area contributed by atoms with E-state index in [-0.39, 0.29) is 24.2 Å². The van der Waals surface area contributed by atoms with Crippen LogP contribution < -0.4 is 9.62 Å². The number of nitrogens with one attached hydrogen (secondary N) is 1. The van der Waals surface area contributed by atoms with Gasteiger partial charge in [0.05, 0.1) is 11.9 Å². The number of anilines is 1. The molecule has 2 aromatic carbocycles. The lowest BCUT2D eigenvalue weighted by Crippen LogP contribution is -2.54. The molecule has 0 aliphatic heterocycles. The van der Waals surface area contributed by atoms with Crippen LogP contribution in [0.5, 0.6) is 0 Å². The molecule has 0 aliphatic carbocycles. The van der Waals surface area contributed by atoms with Crippen LogP contribution in [0.25, 0.3) is 0 Å². The highest BCUT2D eigenvalue weighted by molar-refractivity contribution is 7.92. The number of hydrogen-bond acceptors (Lipinski definition) is 4. The van der Waals surface area contributed by atoms with E-state index < -0.39 is 34.3 Å². The second kappa shape index (κ2) is 12.5. The van der Waals surface area contributed by atoms with E-state index in [2.05, 4.69) is 5.32 Å². The van der Waals surface area contributed by atoms with Crippen LogP contribution in [0.3, 0.4) is 0 Å². The van der Waals surface area contributed by atoms with Gasteiger partial charge in [0.2, 0.25) is 21.8 Å². The van der Waals surface area contributed by atoms with Crippen molar-refractivity contribution in [1.29, 1.82) is 0 Å². The van der Waals surface area contributed by atoms with Crippen molar-refractivity contribution in [2.45, 2.75) is 52.1 Å². The zero-order valence-electron chi connectivity index (χ0n) is 20.2. The van der Waals surface area contributed by atoms with Crippen molar-refractivity contribution in [2.24, 2.45) is 0 Å². The number of carbonyl (C=O) groups is 2. The Labute approximate surface area is 202 Å². The van der Waals surface area contributed by atoms with E-state index in [1.54, 1.807) is 0 Å². The van der Waals surface area contributed by atoms with E-state index in [9.17, 15) is 22.4 Å². The first-order chi connectivity index (χ1) is 16.1. The van der Waals surface area contributed by atoms with E-state index in [1.807, 2.05) is 51.1 Å². The second-order valence-electron chi connectivity index (χ2n) is 8.31. The minimum Gasteiger partial charge on any atom is -0.352 e. The summed E-state index contributed by atoms with van der Waals surface area (Å²) < 4.78 is 39.3. The number of nitrogens with zero attached hydrogens (tertiary/aromatic N) is 2. The Morgan fingerprint density at radius 2 is 1.62 bits per heavy atom. The molecule has 0 radical (unpaired) electrons. The van der Waals surface area contributed by atoms with Gasteiger partial charge in [-0.15, -0.1) is 0 Å². The number of carbonyl (C=O) groups excluding carboxylic acids is 2. The monoisotopic (exact) mass is 491 g/mol. The average molecular weight is 492 g/mol. The number of amides is 2. The molecule has 0 spiro atoms. The summed E-state index contributed by atoms with van der Waals surface area (Å²) in [5.41, 5.74) is 1.17. The molecule has 0 aromatic heterocycles. The van der Waals surface area contributed by atoms with Crippen molar-refractivity contribution in [3.05, 3.63) is 66.0 Å². The molecule has 2 amide bonds. The van der Waals surface area contributed by atoms with E-state index >= 15 is 0 Å². The number of halogens is 1. The Bertz CT molecular complexity index is 1050. The topological polar surface area (TPSA) is 86.8 Å². The first kappa shape index (κ1) is 27.3. The lowest BCUT2D eigenvalue weighted by atomic mass is 10.1. The van der Waals surface area contributed by atoms with Gasteiger partial charge in [-0.3, -0.25) is 13.9 Å². The summed E-state index contributed by atoms with van der Waals surface area (Å²) in [6, 6.07) is 13.7. The van der Waals surface area contributed by atoms with Crippen LogP contribution in [-0.4, -0.2) is 56.6 Å². The van der Waals surface area contributed by atoms with Crippen molar-refractivity contribution >= 4 is 27.5 Å². The van der Waals surface area contributed by atoms with Crippen LogP contribution in [0.2, 0.25) is 0 Å². The summed E-state index contributed by atoms with van der Waals surface area (Å²) in [7, 11) is -3.84. The highest BCUT2D eigenvalue weighted by atomic mass is 32.2. The lowest BCUT2D eigenvalue weighted by Gasteiger charge is -2.33. The molecular formula is C25H34FN3O4S. The van der Waals surface area contributed by atoms with Crippen molar-refractivity contribution in [3.63, 3.8) is 0 Å². The van der Waals surface area contributed by atoms with Crippen molar-refractivity contribution in [1.82, 2.24) is 10.2 Å². The molecule has 2 rings (SSSR count). The predicted octanol–water partition coefficient (Wildman–Crippen LogP) is 3.36. The van der Waals surface area contributed by atoms with E-state index in [0.29, 0.717) is 12.8 Å². The fraction of sp³-hybridized carbons (Fsp3) is 0.440. The summed E-state index contributed by atoms with van der Waals surface area (Å²) in [6.07, 6.45) is 2.62. The van der Waals surface area contributed by atoms with Gasteiger partial charge in [0.1, 0.15) is 18.4 Å². The Kier molecular flexibility index (Phi) is 10.0. The maximum absolute atomic E-state index is 13.5. The van der Waals surface area contributed by atoms with E-state index in [4.69, 9.17) is 0 Å². The van der Waals surface area contributed by atoms with Crippen molar-refractivity contribution < 1.29 is 22.4 Å². The number of benzene rings is 2. The molecule has 34 heavy (non-hydrogen) atoms. The maximum Gasteiger partial charge on any atom is 0.244 e. The second-order valence-corrected chi connectivity index (χ2v) is 10.2. The van der Waals surface area contributed by atoms with Crippen LogP contribution in [-0.2, 0) is 26.0 Å². The molecule has 1 N–H and O–H groups in total. The van der Waals surface area contributed by atoms with Gasteiger partial charge >= 0.3 is 0 Å². The summed E-state index contributed by atoms with van der Waals surface area (Å²) >= 11 is 0. The molecular weight excluding hydrogens is 457 g/mol. The average Bonchev–Trinajstić information content (AvgIpc) is 2.80. The number of hydrogen-bond donors (Lipinski definition) is 1.